The van der Waals surface area contributed by atoms with Gasteiger partial charge < -0.3 is 70.6 Å². The Bertz CT molecular complexity index is 1080. The van der Waals surface area contributed by atoms with Crippen LogP contribution in [0, 0.1) is 28.6 Å². The summed E-state index contributed by atoms with van der Waals surface area (Å²) in [6, 6.07) is 0. The number of rotatable bonds is 8. The van der Waals surface area contributed by atoms with Crippen molar-refractivity contribution in [1.82, 2.24) is 0 Å². The van der Waals surface area contributed by atoms with Crippen LogP contribution in [0.1, 0.15) is 71.6 Å². The summed E-state index contributed by atoms with van der Waals surface area (Å²) in [6.07, 6.45) is -7.81. The molecule has 6 rings (SSSR count). The van der Waals surface area contributed by atoms with Gasteiger partial charge in [0.05, 0.1) is 31.0 Å². The molecular formula is C32H55NO13. The zero-order valence-electron chi connectivity index (χ0n) is 26.8. The fraction of sp³-hybridized carbons (Fsp3) is 1.00. The summed E-state index contributed by atoms with van der Waals surface area (Å²) in [5.74, 6) is 0.409. The number of hydrogen-bond acceptors (Lipinski definition) is 14. The highest BCUT2D eigenvalue weighted by Gasteiger charge is 2.69. The van der Waals surface area contributed by atoms with Crippen molar-refractivity contribution in [3.8, 4) is 0 Å². The largest absolute Gasteiger partial charge is 0.394 e. The van der Waals surface area contributed by atoms with E-state index in [2.05, 4.69) is 13.8 Å². The molecule has 4 saturated carbocycles. The maximum atomic E-state index is 11.5. The lowest BCUT2D eigenvalue weighted by atomic mass is 9.42. The summed E-state index contributed by atoms with van der Waals surface area (Å²) in [7, 11) is 0. The summed E-state index contributed by atoms with van der Waals surface area (Å²) in [6.45, 7) is 3.41. The van der Waals surface area contributed by atoms with Crippen LogP contribution in [-0.4, -0.2) is 144 Å². The van der Waals surface area contributed by atoms with Crippen molar-refractivity contribution in [3.05, 3.63) is 0 Å². The smallest absolute Gasteiger partial charge is 0.189 e. The highest BCUT2D eigenvalue weighted by molar-refractivity contribution is 5.19. The molecule has 1 spiro atoms. The number of nitrogens with two attached hydrogens (primary N) is 1. The van der Waals surface area contributed by atoms with Gasteiger partial charge in [-0.1, -0.05) is 20.3 Å². The molecule has 2 aliphatic heterocycles. The minimum Gasteiger partial charge on any atom is -0.394 e. The van der Waals surface area contributed by atoms with E-state index in [-0.39, 0.29) is 29.3 Å². The van der Waals surface area contributed by atoms with Crippen molar-refractivity contribution < 1.29 is 64.9 Å². The van der Waals surface area contributed by atoms with Crippen LogP contribution < -0.4 is 5.73 Å². The lowest BCUT2D eigenvalue weighted by Crippen LogP contribution is -2.69. The molecule has 2 heterocycles. The summed E-state index contributed by atoms with van der Waals surface area (Å²) in [5, 5.41) is 92.7. The summed E-state index contributed by atoms with van der Waals surface area (Å²) < 4.78 is 23.7. The van der Waals surface area contributed by atoms with Crippen LogP contribution in [0.3, 0.4) is 0 Å². The van der Waals surface area contributed by atoms with E-state index in [1.807, 2.05) is 0 Å². The molecule has 6 aliphatic rings. The summed E-state index contributed by atoms with van der Waals surface area (Å²) in [4.78, 5) is 0. The second-order valence-electron chi connectivity index (χ2n) is 15.7. The number of aliphatic hydroxyl groups is 9. The maximum Gasteiger partial charge on any atom is 0.189 e. The summed E-state index contributed by atoms with van der Waals surface area (Å²) in [5.41, 5.74) is 5.25. The van der Waals surface area contributed by atoms with Gasteiger partial charge in [0.1, 0.15) is 54.9 Å². The molecule has 11 unspecified atom stereocenters. The molecule has 14 nitrogen and oxygen atoms in total. The molecule has 2 saturated heterocycles. The molecule has 0 amide bonds. The van der Waals surface area contributed by atoms with Crippen LogP contribution in [0.25, 0.3) is 0 Å². The van der Waals surface area contributed by atoms with Gasteiger partial charge in [-0.15, -0.1) is 0 Å². The van der Waals surface area contributed by atoms with Gasteiger partial charge in [-0.2, -0.15) is 0 Å². The first-order valence-electron chi connectivity index (χ1n) is 17.0. The Morgan fingerprint density at radius 1 is 0.783 bits per heavy atom. The standard InChI is InChI=1S/C32H55NO13/c1-15-10-30-8-4-20-29(2,6-3-7-32(20,33)28(42)46-27-26(41)25(40)22(37)17(12-35)45-27)19(30)5-9-31(15,14-30)43-13-18-23(38)24(39)21(36)16(11-34)44-18/h15-28,34-42H,3-14,33H2,1-2H3/t15-,16?,17?,18?,19-,20-,21?,22?,23?,24?,25?,26?,27?,28-,29-,30+,31?,32-/m0/s1. The number of ether oxygens (including phenoxy) is 4. The first kappa shape index (κ1) is 35.3. The van der Waals surface area contributed by atoms with E-state index in [0.717, 1.165) is 51.4 Å². The van der Waals surface area contributed by atoms with Crippen molar-refractivity contribution in [2.24, 2.45) is 34.3 Å². The number of aliphatic hydroxyl groups excluding tert-OH is 9. The Morgan fingerprint density at radius 3 is 2.07 bits per heavy atom. The van der Waals surface area contributed by atoms with E-state index < -0.39 is 91.9 Å². The third kappa shape index (κ3) is 5.39. The van der Waals surface area contributed by atoms with E-state index in [0.29, 0.717) is 12.3 Å². The van der Waals surface area contributed by atoms with Crippen LogP contribution >= 0.6 is 0 Å². The highest BCUT2D eigenvalue weighted by atomic mass is 16.7. The Labute approximate surface area is 269 Å². The monoisotopic (exact) mass is 661 g/mol. The van der Waals surface area contributed by atoms with Crippen LogP contribution in [0.2, 0.25) is 0 Å². The molecule has 266 valence electrons. The number of fused-ring (bicyclic) bond motifs is 3. The Kier molecular flexibility index (Phi) is 9.70. The lowest BCUT2D eigenvalue weighted by Gasteiger charge is -2.65. The minimum atomic E-state index is -1.64. The molecule has 0 aromatic heterocycles. The maximum absolute atomic E-state index is 11.5. The molecule has 14 heteroatoms. The lowest BCUT2D eigenvalue weighted by molar-refractivity contribution is -0.347. The average molecular weight is 662 g/mol. The molecule has 2 bridgehead atoms. The third-order valence-electron chi connectivity index (χ3n) is 13.5. The van der Waals surface area contributed by atoms with Gasteiger partial charge in [0, 0.05) is 0 Å². The molecule has 18 atom stereocenters. The van der Waals surface area contributed by atoms with Gasteiger partial charge in [0.15, 0.2) is 12.6 Å². The van der Waals surface area contributed by atoms with Gasteiger partial charge in [-0.25, -0.2) is 0 Å². The normalized spacial score (nSPS) is 56.2. The van der Waals surface area contributed by atoms with Crippen LogP contribution in [0.5, 0.6) is 0 Å². The van der Waals surface area contributed by atoms with Crippen LogP contribution in [0.15, 0.2) is 0 Å². The fourth-order valence-electron chi connectivity index (χ4n) is 11.1. The molecule has 46 heavy (non-hydrogen) atoms. The zero-order chi connectivity index (χ0) is 33.4. The van der Waals surface area contributed by atoms with Crippen molar-refractivity contribution in [2.45, 2.75) is 150 Å². The van der Waals surface area contributed by atoms with E-state index in [4.69, 9.17) is 24.7 Å². The van der Waals surface area contributed by atoms with Gasteiger partial charge in [-0.3, -0.25) is 0 Å². The first-order chi connectivity index (χ1) is 21.7. The molecule has 11 N–H and O–H groups in total. The van der Waals surface area contributed by atoms with E-state index in [1.165, 1.54) is 0 Å². The van der Waals surface area contributed by atoms with Gasteiger partial charge >= 0.3 is 0 Å². The Hall–Kier alpha value is -0.560. The molecule has 4 aliphatic carbocycles. The second-order valence-corrected chi connectivity index (χ2v) is 15.7. The zero-order valence-corrected chi connectivity index (χ0v) is 26.8. The Balaban J connectivity index is 1.16. The first-order valence-corrected chi connectivity index (χ1v) is 17.0. The second kappa shape index (κ2) is 12.6. The molecular weight excluding hydrogens is 606 g/mol. The summed E-state index contributed by atoms with van der Waals surface area (Å²) >= 11 is 0. The van der Waals surface area contributed by atoms with Gasteiger partial charge in [-0.05, 0) is 80.0 Å². The van der Waals surface area contributed by atoms with Crippen LogP contribution in [0.4, 0.5) is 0 Å². The van der Waals surface area contributed by atoms with Crippen molar-refractivity contribution in [3.63, 3.8) is 0 Å². The average Bonchev–Trinajstić information content (AvgIpc) is 3.23. The predicted octanol–water partition coefficient (Wildman–Crippen LogP) is -2.16. The molecule has 6 fully saturated rings. The van der Waals surface area contributed by atoms with Crippen molar-refractivity contribution >= 4 is 0 Å². The van der Waals surface area contributed by atoms with Crippen LogP contribution in [-0.2, 0) is 18.9 Å². The van der Waals surface area contributed by atoms with Gasteiger partial charge in [0.2, 0.25) is 0 Å². The van der Waals surface area contributed by atoms with E-state index >= 15 is 0 Å². The SMILES string of the molecule is C[C@H]1C[C@@]23CC[C@H]4[C@@](C)(CCC[C@@]4(N)[C@@H](O)OC4OC(CO)C(O)C(O)C4O)[C@@H]2CCC1(OCC1OC(CO)C(O)C(O)C1O)C3. The van der Waals surface area contributed by atoms with Crippen molar-refractivity contribution in [1.29, 1.82) is 0 Å². The van der Waals surface area contributed by atoms with E-state index in [1.54, 1.807) is 0 Å². The number of hydrogen-bond donors (Lipinski definition) is 10. The van der Waals surface area contributed by atoms with Gasteiger partial charge in [0.25, 0.3) is 0 Å². The Morgan fingerprint density at radius 2 is 1.39 bits per heavy atom. The quantitative estimate of drug-likeness (QED) is 0.125. The topological polar surface area (TPSA) is 245 Å². The molecule has 0 radical (unpaired) electrons. The minimum absolute atomic E-state index is 0.0143. The van der Waals surface area contributed by atoms with E-state index in [9.17, 15) is 46.0 Å². The van der Waals surface area contributed by atoms with Crippen molar-refractivity contribution in [2.75, 3.05) is 19.8 Å². The molecule has 0 aromatic carbocycles. The fourth-order valence-corrected chi connectivity index (χ4v) is 11.1. The highest BCUT2D eigenvalue weighted by Crippen LogP contribution is 2.72. The predicted molar refractivity (Wildman–Crippen MR) is 158 cm³/mol. The molecule has 0 aromatic rings. The third-order valence-corrected chi connectivity index (χ3v) is 13.5.